The third-order valence-corrected chi connectivity index (χ3v) is 2.81. The number of ether oxygens (including phenoxy) is 1. The minimum absolute atomic E-state index is 0.176. The van der Waals surface area contributed by atoms with Gasteiger partial charge in [-0.05, 0) is 36.1 Å². The first-order valence-corrected chi connectivity index (χ1v) is 5.43. The molecule has 1 aliphatic rings. The second-order valence-electron chi connectivity index (χ2n) is 3.93. The van der Waals surface area contributed by atoms with Gasteiger partial charge in [0.15, 0.2) is 0 Å². The fraction of sp³-hybridized carbons (Fsp3) is 0.500. The van der Waals surface area contributed by atoms with Gasteiger partial charge in [-0.1, -0.05) is 6.07 Å². The summed E-state index contributed by atoms with van der Waals surface area (Å²) in [6.45, 7) is 0.747. The molecule has 0 fully saturated rings. The topological polar surface area (TPSA) is 55.5 Å². The summed E-state index contributed by atoms with van der Waals surface area (Å²) >= 11 is 0. The van der Waals surface area contributed by atoms with Gasteiger partial charge in [0.1, 0.15) is 5.75 Å². The van der Waals surface area contributed by atoms with Crippen molar-refractivity contribution in [1.82, 2.24) is 0 Å². The summed E-state index contributed by atoms with van der Waals surface area (Å²) in [6, 6.07) is 6.29. The molecule has 1 aromatic rings. The number of fused-ring (bicyclic) bond motifs is 1. The normalized spacial score (nSPS) is 18.9. The van der Waals surface area contributed by atoms with Crippen LogP contribution >= 0.6 is 0 Å². The Morgan fingerprint density at radius 3 is 3.13 bits per heavy atom. The van der Waals surface area contributed by atoms with Crippen LogP contribution in [0.3, 0.4) is 0 Å². The molecule has 0 radical (unpaired) electrons. The van der Waals surface area contributed by atoms with Crippen molar-refractivity contribution in [3.63, 3.8) is 0 Å². The number of aliphatic hydroxyl groups is 1. The lowest BCUT2D eigenvalue weighted by molar-refractivity contribution is 0.233. The largest absolute Gasteiger partial charge is 0.493 e. The van der Waals surface area contributed by atoms with Gasteiger partial charge in [-0.25, -0.2) is 0 Å². The average molecular weight is 207 g/mol. The molecule has 0 aromatic heterocycles. The number of hydrogen-bond donors (Lipinski definition) is 2. The second-order valence-corrected chi connectivity index (χ2v) is 3.93. The maximum absolute atomic E-state index is 8.64. The Morgan fingerprint density at radius 2 is 2.33 bits per heavy atom. The van der Waals surface area contributed by atoms with Crippen molar-refractivity contribution in [3.8, 4) is 5.75 Å². The highest BCUT2D eigenvalue weighted by molar-refractivity contribution is 5.40. The first-order chi connectivity index (χ1) is 7.31. The van der Waals surface area contributed by atoms with Crippen LogP contribution in [0, 0.1) is 0 Å². The van der Waals surface area contributed by atoms with Gasteiger partial charge in [0.25, 0.3) is 0 Å². The van der Waals surface area contributed by atoms with E-state index in [1.54, 1.807) is 0 Å². The summed E-state index contributed by atoms with van der Waals surface area (Å²) in [5, 5.41) is 8.64. The Kier molecular flexibility index (Phi) is 3.23. The number of aryl methyl sites for hydroxylation is 1. The third kappa shape index (κ3) is 2.30. The van der Waals surface area contributed by atoms with Crippen LogP contribution in [-0.2, 0) is 6.42 Å². The highest BCUT2D eigenvalue weighted by atomic mass is 16.5. The van der Waals surface area contributed by atoms with Crippen molar-refractivity contribution in [2.24, 2.45) is 5.73 Å². The third-order valence-electron chi connectivity index (χ3n) is 2.81. The summed E-state index contributed by atoms with van der Waals surface area (Å²) in [4.78, 5) is 0. The highest BCUT2D eigenvalue weighted by Crippen LogP contribution is 2.31. The lowest BCUT2D eigenvalue weighted by atomic mass is 10.1. The molecule has 82 valence electrons. The van der Waals surface area contributed by atoms with Crippen LogP contribution in [-0.4, -0.2) is 18.3 Å². The molecule has 0 bridgehead atoms. The molecule has 1 aliphatic carbocycles. The van der Waals surface area contributed by atoms with Gasteiger partial charge in [0.05, 0.1) is 6.61 Å². The van der Waals surface area contributed by atoms with Crippen LogP contribution in [0.25, 0.3) is 0 Å². The minimum atomic E-state index is 0.176. The SMILES string of the molecule is NC1CCc2cc(OCCCO)ccc21. The van der Waals surface area contributed by atoms with E-state index < -0.39 is 0 Å². The van der Waals surface area contributed by atoms with Gasteiger partial charge in [-0.3, -0.25) is 0 Å². The first-order valence-electron chi connectivity index (χ1n) is 5.43. The molecule has 1 unspecified atom stereocenters. The monoisotopic (exact) mass is 207 g/mol. The standard InChI is InChI=1S/C12H17NO2/c13-12-5-2-9-8-10(3-4-11(9)12)15-7-1-6-14/h3-4,8,12,14H,1-2,5-7,13H2. The molecule has 0 amide bonds. The van der Waals surface area contributed by atoms with E-state index in [1.165, 1.54) is 11.1 Å². The maximum atomic E-state index is 8.64. The summed E-state index contributed by atoms with van der Waals surface area (Å²) in [5.41, 5.74) is 8.51. The Balaban J connectivity index is 2.03. The van der Waals surface area contributed by atoms with Crippen LogP contribution in [0.4, 0.5) is 0 Å². The van der Waals surface area contributed by atoms with E-state index in [9.17, 15) is 0 Å². The number of benzene rings is 1. The Labute approximate surface area is 89.9 Å². The second kappa shape index (κ2) is 4.64. The summed E-state index contributed by atoms with van der Waals surface area (Å²) in [7, 11) is 0. The van der Waals surface area contributed by atoms with Crippen molar-refractivity contribution in [3.05, 3.63) is 29.3 Å². The van der Waals surface area contributed by atoms with E-state index in [4.69, 9.17) is 15.6 Å². The fourth-order valence-corrected chi connectivity index (χ4v) is 1.97. The van der Waals surface area contributed by atoms with Crippen LogP contribution < -0.4 is 10.5 Å². The summed E-state index contributed by atoms with van der Waals surface area (Å²) in [6.07, 6.45) is 2.76. The summed E-state index contributed by atoms with van der Waals surface area (Å²) in [5.74, 6) is 0.885. The number of aliphatic hydroxyl groups excluding tert-OH is 1. The highest BCUT2D eigenvalue weighted by Gasteiger charge is 2.18. The molecular weight excluding hydrogens is 190 g/mol. The number of rotatable bonds is 4. The minimum Gasteiger partial charge on any atom is -0.493 e. The quantitative estimate of drug-likeness (QED) is 0.734. The first kappa shape index (κ1) is 10.5. The molecule has 1 aromatic carbocycles. The van der Waals surface area contributed by atoms with Gasteiger partial charge in [-0.2, -0.15) is 0 Å². The van der Waals surface area contributed by atoms with E-state index in [0.717, 1.165) is 18.6 Å². The van der Waals surface area contributed by atoms with E-state index in [-0.39, 0.29) is 12.6 Å². The van der Waals surface area contributed by atoms with Crippen LogP contribution in [0.2, 0.25) is 0 Å². The van der Waals surface area contributed by atoms with E-state index in [2.05, 4.69) is 12.1 Å². The van der Waals surface area contributed by atoms with Gasteiger partial charge in [0, 0.05) is 19.1 Å². The van der Waals surface area contributed by atoms with Crippen molar-refractivity contribution >= 4 is 0 Å². The lowest BCUT2D eigenvalue weighted by Crippen LogP contribution is -2.05. The molecule has 0 heterocycles. The number of nitrogens with two attached hydrogens (primary N) is 1. The van der Waals surface area contributed by atoms with Gasteiger partial charge in [0.2, 0.25) is 0 Å². The molecule has 0 saturated heterocycles. The van der Waals surface area contributed by atoms with E-state index in [1.807, 2.05) is 6.07 Å². The Hall–Kier alpha value is -1.06. The van der Waals surface area contributed by atoms with Crippen molar-refractivity contribution in [1.29, 1.82) is 0 Å². The van der Waals surface area contributed by atoms with Crippen molar-refractivity contribution in [2.75, 3.05) is 13.2 Å². The van der Waals surface area contributed by atoms with Crippen LogP contribution in [0.1, 0.15) is 30.0 Å². The molecular formula is C12H17NO2. The predicted molar refractivity (Wildman–Crippen MR) is 58.9 cm³/mol. The predicted octanol–water partition coefficient (Wildman–Crippen LogP) is 1.39. The smallest absolute Gasteiger partial charge is 0.119 e. The molecule has 2 rings (SSSR count). The summed E-state index contributed by atoms with van der Waals surface area (Å²) < 4.78 is 5.51. The average Bonchev–Trinajstić information content (AvgIpc) is 2.61. The molecule has 0 saturated carbocycles. The van der Waals surface area contributed by atoms with Gasteiger partial charge >= 0.3 is 0 Å². The lowest BCUT2D eigenvalue weighted by Gasteiger charge is -2.08. The van der Waals surface area contributed by atoms with Crippen LogP contribution in [0.15, 0.2) is 18.2 Å². The molecule has 15 heavy (non-hydrogen) atoms. The fourth-order valence-electron chi connectivity index (χ4n) is 1.97. The Bertz CT molecular complexity index is 338. The van der Waals surface area contributed by atoms with E-state index in [0.29, 0.717) is 13.0 Å². The molecule has 0 spiro atoms. The van der Waals surface area contributed by atoms with E-state index >= 15 is 0 Å². The van der Waals surface area contributed by atoms with Crippen LogP contribution in [0.5, 0.6) is 5.75 Å². The molecule has 1 atom stereocenters. The van der Waals surface area contributed by atoms with Crippen molar-refractivity contribution in [2.45, 2.75) is 25.3 Å². The maximum Gasteiger partial charge on any atom is 0.119 e. The number of hydrogen-bond acceptors (Lipinski definition) is 3. The zero-order valence-electron chi connectivity index (χ0n) is 8.78. The zero-order valence-corrected chi connectivity index (χ0v) is 8.78. The molecule has 3 nitrogen and oxygen atoms in total. The molecule has 3 N–H and O–H groups in total. The molecule has 0 aliphatic heterocycles. The Morgan fingerprint density at radius 1 is 1.47 bits per heavy atom. The van der Waals surface area contributed by atoms with Gasteiger partial charge < -0.3 is 15.6 Å². The van der Waals surface area contributed by atoms with Crippen molar-refractivity contribution < 1.29 is 9.84 Å². The molecule has 3 heteroatoms. The van der Waals surface area contributed by atoms with Gasteiger partial charge in [-0.15, -0.1) is 0 Å². The zero-order chi connectivity index (χ0) is 10.7.